The topological polar surface area (TPSA) is 130 Å². The van der Waals surface area contributed by atoms with Crippen molar-refractivity contribution in [3.8, 4) is 10.6 Å². The molecule has 0 saturated carbocycles. The number of carbonyl (C=O) groups excluding carboxylic acids is 3. The van der Waals surface area contributed by atoms with Crippen molar-refractivity contribution in [3.05, 3.63) is 71.5 Å². The minimum atomic E-state index is -3.83. The van der Waals surface area contributed by atoms with Gasteiger partial charge in [0.15, 0.2) is 5.78 Å². The molecule has 5 rings (SSSR count). The number of nitrogens with zero attached hydrogens (tertiary/aromatic N) is 4. The molecular weight excluding hydrogens is 550 g/mol. The first-order chi connectivity index (χ1) is 19.1. The van der Waals surface area contributed by atoms with Gasteiger partial charge in [0.05, 0.1) is 33.7 Å². The van der Waals surface area contributed by atoms with Crippen molar-refractivity contribution in [1.29, 1.82) is 0 Å². The number of nitrogens with one attached hydrogen (secondary N) is 1. The zero-order chi connectivity index (χ0) is 28.4. The molecule has 2 amide bonds. The Kier molecular flexibility index (Phi) is 8.11. The third-order valence-electron chi connectivity index (χ3n) is 7.13. The van der Waals surface area contributed by atoms with Crippen LogP contribution in [0.3, 0.4) is 0 Å². The van der Waals surface area contributed by atoms with Gasteiger partial charge in [-0.2, -0.15) is 4.31 Å². The van der Waals surface area contributed by atoms with Gasteiger partial charge in [-0.05, 0) is 55.2 Å². The summed E-state index contributed by atoms with van der Waals surface area (Å²) < 4.78 is 27.7. The minimum Gasteiger partial charge on any atom is -0.340 e. The Hall–Kier alpha value is -3.48. The molecule has 10 nitrogen and oxygen atoms in total. The Labute approximate surface area is 237 Å². The number of likely N-dealkylation sites (tertiary alicyclic amines) is 1. The van der Waals surface area contributed by atoms with Gasteiger partial charge in [-0.3, -0.25) is 24.4 Å². The number of pyridine rings is 2. The Balaban J connectivity index is 1.31. The fourth-order valence-electron chi connectivity index (χ4n) is 5.36. The molecule has 0 bridgehead atoms. The highest BCUT2D eigenvalue weighted by molar-refractivity contribution is 7.88. The van der Waals surface area contributed by atoms with E-state index in [0.29, 0.717) is 23.4 Å². The summed E-state index contributed by atoms with van der Waals surface area (Å²) in [4.78, 5) is 51.3. The van der Waals surface area contributed by atoms with E-state index in [2.05, 4.69) is 15.3 Å². The van der Waals surface area contributed by atoms with E-state index in [4.69, 9.17) is 0 Å². The molecule has 3 unspecified atom stereocenters. The van der Waals surface area contributed by atoms with Crippen molar-refractivity contribution in [2.24, 2.45) is 5.92 Å². The molecule has 1 N–H and O–H groups in total. The molecule has 0 radical (unpaired) electrons. The molecule has 3 aromatic rings. The van der Waals surface area contributed by atoms with Crippen molar-refractivity contribution in [3.63, 3.8) is 0 Å². The summed E-state index contributed by atoms with van der Waals surface area (Å²) in [6.45, 7) is 3.87. The smallest absolute Gasteiger partial charge is 0.262 e. The summed E-state index contributed by atoms with van der Waals surface area (Å²) in [6, 6.07) is 11.8. The van der Waals surface area contributed by atoms with E-state index in [1.165, 1.54) is 26.7 Å². The van der Waals surface area contributed by atoms with Crippen LogP contribution in [0.25, 0.3) is 10.6 Å². The van der Waals surface area contributed by atoms with E-state index in [0.717, 1.165) is 10.6 Å². The third-order valence-corrected chi connectivity index (χ3v) is 10.0. The average Bonchev–Trinajstić information content (AvgIpc) is 3.66. The zero-order valence-electron chi connectivity index (χ0n) is 22.3. The fraction of sp³-hybridized carbons (Fsp3) is 0.393. The number of hydrogen-bond donors (Lipinski definition) is 1. The number of amides is 2. The lowest BCUT2D eigenvalue weighted by atomic mass is 10.0. The van der Waals surface area contributed by atoms with Crippen LogP contribution in [0.5, 0.6) is 0 Å². The van der Waals surface area contributed by atoms with Crippen LogP contribution >= 0.6 is 11.3 Å². The Morgan fingerprint density at radius 3 is 2.50 bits per heavy atom. The summed E-state index contributed by atoms with van der Waals surface area (Å²) in [6.07, 6.45) is 3.94. The van der Waals surface area contributed by atoms with Gasteiger partial charge in [0.1, 0.15) is 17.8 Å². The molecule has 40 heavy (non-hydrogen) atoms. The van der Waals surface area contributed by atoms with Crippen LogP contribution in [-0.4, -0.2) is 76.4 Å². The van der Waals surface area contributed by atoms with Gasteiger partial charge in [0, 0.05) is 18.9 Å². The third kappa shape index (κ3) is 5.84. The minimum absolute atomic E-state index is 0.0922. The SMILES string of the molecule is CC(C)CC(NC(=O)c1ccc(-c2ccccn2)s1)C(=O)N1CCC2C1C(=O)CN2S(=O)(=O)Cc1ccccn1. The normalized spacial score (nSPS) is 20.1. The first-order valence-electron chi connectivity index (χ1n) is 13.2. The molecule has 0 spiro atoms. The average molecular weight is 582 g/mol. The Morgan fingerprint density at radius 2 is 1.82 bits per heavy atom. The van der Waals surface area contributed by atoms with Gasteiger partial charge in [0.25, 0.3) is 5.91 Å². The second kappa shape index (κ2) is 11.6. The van der Waals surface area contributed by atoms with Crippen LogP contribution in [0.15, 0.2) is 60.9 Å². The van der Waals surface area contributed by atoms with Crippen LogP contribution < -0.4 is 5.32 Å². The van der Waals surface area contributed by atoms with E-state index >= 15 is 0 Å². The van der Waals surface area contributed by atoms with E-state index < -0.39 is 28.1 Å². The summed E-state index contributed by atoms with van der Waals surface area (Å²) in [5.41, 5.74) is 1.15. The maximum atomic E-state index is 13.8. The van der Waals surface area contributed by atoms with Gasteiger partial charge in [0.2, 0.25) is 15.9 Å². The predicted molar refractivity (Wildman–Crippen MR) is 151 cm³/mol. The molecular formula is C28H31N5O5S2. The zero-order valence-corrected chi connectivity index (χ0v) is 23.9. The van der Waals surface area contributed by atoms with Crippen LogP contribution in [-0.2, 0) is 25.4 Å². The van der Waals surface area contributed by atoms with Gasteiger partial charge in [-0.15, -0.1) is 11.3 Å². The van der Waals surface area contributed by atoms with Crippen molar-refractivity contribution in [2.45, 2.75) is 50.6 Å². The number of fused-ring (bicyclic) bond motifs is 1. The van der Waals surface area contributed by atoms with E-state index in [1.807, 2.05) is 38.1 Å². The first kappa shape index (κ1) is 28.1. The molecule has 5 heterocycles. The maximum absolute atomic E-state index is 13.8. The quantitative estimate of drug-likeness (QED) is 0.411. The number of Topliss-reactive ketones (excluding diaryl/α,β-unsaturated/α-hetero) is 1. The second-order valence-corrected chi connectivity index (χ2v) is 13.5. The Morgan fingerprint density at radius 1 is 1.07 bits per heavy atom. The van der Waals surface area contributed by atoms with Gasteiger partial charge < -0.3 is 10.2 Å². The van der Waals surface area contributed by atoms with Crippen molar-refractivity contribution in [2.75, 3.05) is 13.1 Å². The molecule has 3 aromatic heterocycles. The highest BCUT2D eigenvalue weighted by Gasteiger charge is 2.54. The van der Waals surface area contributed by atoms with Gasteiger partial charge >= 0.3 is 0 Å². The number of hydrogen-bond acceptors (Lipinski definition) is 8. The van der Waals surface area contributed by atoms with Crippen molar-refractivity contribution in [1.82, 2.24) is 24.5 Å². The number of carbonyl (C=O) groups is 3. The Bertz CT molecular complexity index is 1490. The summed E-state index contributed by atoms with van der Waals surface area (Å²) in [5, 5.41) is 2.88. The van der Waals surface area contributed by atoms with Crippen LogP contribution in [0.2, 0.25) is 0 Å². The monoisotopic (exact) mass is 581 g/mol. The number of thiophene rings is 1. The standard InChI is InChI=1S/C28H31N5O5S2/c1-18(2)15-21(31-27(35)25-10-9-24(39-25)20-8-4-6-13-30-20)28(36)32-14-11-22-26(32)23(34)16-33(22)40(37,38)17-19-7-3-5-12-29-19/h3-10,12-13,18,21-22,26H,11,14-17H2,1-2H3,(H,31,35). The molecule has 12 heteroatoms. The van der Waals surface area contributed by atoms with Crippen LogP contribution in [0, 0.1) is 5.92 Å². The van der Waals surface area contributed by atoms with E-state index in [-0.39, 0.29) is 42.4 Å². The highest BCUT2D eigenvalue weighted by Crippen LogP contribution is 2.33. The molecule has 0 aliphatic carbocycles. The molecule has 2 aliphatic rings. The number of rotatable bonds is 9. The summed E-state index contributed by atoms with van der Waals surface area (Å²) in [7, 11) is -3.83. The van der Waals surface area contributed by atoms with E-state index in [1.54, 1.807) is 30.5 Å². The summed E-state index contributed by atoms with van der Waals surface area (Å²) in [5.74, 6) is -1.28. The lowest BCUT2D eigenvalue weighted by Crippen LogP contribution is -2.52. The molecule has 210 valence electrons. The fourth-order valence-corrected chi connectivity index (χ4v) is 7.92. The first-order valence-corrected chi connectivity index (χ1v) is 15.6. The van der Waals surface area contributed by atoms with E-state index in [9.17, 15) is 22.8 Å². The lowest BCUT2D eigenvalue weighted by molar-refractivity contribution is -0.138. The highest BCUT2D eigenvalue weighted by atomic mass is 32.2. The van der Waals surface area contributed by atoms with Crippen molar-refractivity contribution < 1.29 is 22.8 Å². The van der Waals surface area contributed by atoms with Crippen LogP contribution in [0.4, 0.5) is 0 Å². The largest absolute Gasteiger partial charge is 0.340 e. The predicted octanol–water partition coefficient (Wildman–Crippen LogP) is 2.73. The van der Waals surface area contributed by atoms with Crippen molar-refractivity contribution >= 4 is 39.0 Å². The number of aromatic nitrogens is 2. The van der Waals surface area contributed by atoms with Gasteiger partial charge in [-0.1, -0.05) is 26.0 Å². The molecule has 2 fully saturated rings. The number of sulfonamides is 1. The molecule has 0 aromatic carbocycles. The lowest BCUT2D eigenvalue weighted by Gasteiger charge is -2.29. The molecule has 2 saturated heterocycles. The second-order valence-electron chi connectivity index (χ2n) is 10.5. The van der Waals surface area contributed by atoms with Gasteiger partial charge in [-0.25, -0.2) is 8.42 Å². The van der Waals surface area contributed by atoms with Crippen LogP contribution in [0.1, 0.15) is 42.1 Å². The summed E-state index contributed by atoms with van der Waals surface area (Å²) >= 11 is 1.29. The number of ketones is 1. The molecule has 2 aliphatic heterocycles. The molecule has 3 atom stereocenters. The maximum Gasteiger partial charge on any atom is 0.262 e.